The summed E-state index contributed by atoms with van der Waals surface area (Å²) in [6, 6.07) is 6.58. The molecule has 1 fully saturated rings. The number of aliphatic carboxylic acids is 1. The molecule has 2 rings (SSSR count). The predicted molar refractivity (Wildman–Crippen MR) is 54.1 cm³/mol. The number of carboxylic acid groups (broad SMARTS) is 1. The van der Waals surface area contributed by atoms with Gasteiger partial charge in [-0.05, 0) is 42.4 Å². The van der Waals surface area contributed by atoms with Crippen LogP contribution >= 0.6 is 0 Å². The van der Waals surface area contributed by atoms with Crippen molar-refractivity contribution >= 4 is 5.97 Å². The second kappa shape index (κ2) is 4.01. The third-order valence-electron chi connectivity index (χ3n) is 3.02. The second-order valence-corrected chi connectivity index (χ2v) is 4.19. The van der Waals surface area contributed by atoms with E-state index in [1.165, 1.54) is 6.07 Å². The highest BCUT2D eigenvalue weighted by Crippen LogP contribution is 2.43. The number of halogens is 1. The number of rotatable bonds is 3. The van der Waals surface area contributed by atoms with E-state index in [4.69, 9.17) is 5.11 Å². The van der Waals surface area contributed by atoms with Gasteiger partial charge in [0.05, 0.1) is 0 Å². The highest BCUT2D eigenvalue weighted by Gasteiger charge is 2.31. The fraction of sp³-hybridized carbons (Fsp3) is 0.417. The van der Waals surface area contributed by atoms with Gasteiger partial charge >= 0.3 is 5.97 Å². The van der Waals surface area contributed by atoms with Gasteiger partial charge in [-0.15, -0.1) is 0 Å². The van der Waals surface area contributed by atoms with Crippen molar-refractivity contribution in [1.82, 2.24) is 0 Å². The first-order valence-electron chi connectivity index (χ1n) is 5.12. The topological polar surface area (TPSA) is 37.3 Å². The molecule has 0 heterocycles. The minimum atomic E-state index is -0.738. The lowest BCUT2D eigenvalue weighted by Crippen LogP contribution is -2.24. The Balaban J connectivity index is 1.92. The van der Waals surface area contributed by atoms with Crippen LogP contribution in [0.1, 0.15) is 30.7 Å². The van der Waals surface area contributed by atoms with Gasteiger partial charge in [-0.3, -0.25) is 4.79 Å². The maximum Gasteiger partial charge on any atom is 0.303 e. The van der Waals surface area contributed by atoms with E-state index in [1.54, 1.807) is 12.1 Å². The molecule has 1 aromatic carbocycles. The smallest absolute Gasteiger partial charge is 0.303 e. The summed E-state index contributed by atoms with van der Waals surface area (Å²) >= 11 is 0. The fourth-order valence-corrected chi connectivity index (χ4v) is 2.18. The van der Waals surface area contributed by atoms with Crippen LogP contribution in [0.4, 0.5) is 4.39 Å². The zero-order valence-electron chi connectivity index (χ0n) is 8.32. The minimum Gasteiger partial charge on any atom is -0.481 e. The molecule has 0 radical (unpaired) electrons. The lowest BCUT2D eigenvalue weighted by atomic mass is 9.70. The van der Waals surface area contributed by atoms with Crippen LogP contribution in [0.3, 0.4) is 0 Å². The molecule has 1 aliphatic rings. The number of hydrogen-bond donors (Lipinski definition) is 1. The molecule has 0 atom stereocenters. The van der Waals surface area contributed by atoms with Gasteiger partial charge in [-0.2, -0.15) is 0 Å². The van der Waals surface area contributed by atoms with E-state index in [-0.39, 0.29) is 18.2 Å². The number of carbonyl (C=O) groups is 1. The number of benzene rings is 1. The minimum absolute atomic E-state index is 0.214. The maximum absolute atomic E-state index is 12.9. The van der Waals surface area contributed by atoms with Crippen molar-refractivity contribution in [2.45, 2.75) is 25.2 Å². The van der Waals surface area contributed by atoms with Crippen molar-refractivity contribution in [3.63, 3.8) is 0 Å². The Labute approximate surface area is 87.7 Å². The summed E-state index contributed by atoms with van der Waals surface area (Å²) < 4.78 is 12.9. The van der Waals surface area contributed by atoms with E-state index in [9.17, 15) is 9.18 Å². The molecule has 0 bridgehead atoms. The Hall–Kier alpha value is -1.38. The maximum atomic E-state index is 12.9. The molecule has 1 aromatic rings. The lowest BCUT2D eigenvalue weighted by Gasteiger charge is -2.34. The van der Waals surface area contributed by atoms with Crippen molar-refractivity contribution < 1.29 is 14.3 Å². The molecule has 0 spiro atoms. The van der Waals surface area contributed by atoms with Crippen molar-refractivity contribution in [2.75, 3.05) is 0 Å². The lowest BCUT2D eigenvalue weighted by molar-refractivity contribution is -0.138. The first-order chi connectivity index (χ1) is 7.15. The van der Waals surface area contributed by atoms with E-state index in [1.807, 2.05) is 6.07 Å². The SMILES string of the molecule is O=C(O)CC1CC(c2cccc(F)c2)C1. The van der Waals surface area contributed by atoms with Crippen LogP contribution in [0.2, 0.25) is 0 Å². The molecule has 3 heteroatoms. The highest BCUT2D eigenvalue weighted by molar-refractivity contribution is 5.67. The quantitative estimate of drug-likeness (QED) is 0.829. The average Bonchev–Trinajstić information content (AvgIpc) is 2.10. The molecule has 0 aliphatic heterocycles. The zero-order valence-corrected chi connectivity index (χ0v) is 8.32. The Kier molecular flexibility index (Phi) is 2.71. The summed E-state index contributed by atoms with van der Waals surface area (Å²) in [7, 11) is 0. The first-order valence-corrected chi connectivity index (χ1v) is 5.12. The average molecular weight is 208 g/mol. The van der Waals surface area contributed by atoms with Crippen LogP contribution in [0.25, 0.3) is 0 Å². The Morgan fingerprint density at radius 1 is 1.47 bits per heavy atom. The van der Waals surface area contributed by atoms with Crippen LogP contribution < -0.4 is 0 Å². The largest absolute Gasteiger partial charge is 0.481 e. The van der Waals surface area contributed by atoms with E-state index in [0.717, 1.165) is 18.4 Å². The van der Waals surface area contributed by atoms with Crippen LogP contribution in [0.15, 0.2) is 24.3 Å². The number of hydrogen-bond acceptors (Lipinski definition) is 1. The van der Waals surface area contributed by atoms with Crippen molar-refractivity contribution in [3.05, 3.63) is 35.6 Å². The fourth-order valence-electron chi connectivity index (χ4n) is 2.18. The van der Waals surface area contributed by atoms with E-state index < -0.39 is 5.97 Å². The zero-order chi connectivity index (χ0) is 10.8. The molecule has 1 saturated carbocycles. The van der Waals surface area contributed by atoms with Gasteiger partial charge in [0.2, 0.25) is 0 Å². The summed E-state index contributed by atoms with van der Waals surface area (Å²) in [5.41, 5.74) is 0.997. The third-order valence-corrected chi connectivity index (χ3v) is 3.02. The van der Waals surface area contributed by atoms with Crippen molar-refractivity contribution in [2.24, 2.45) is 5.92 Å². The number of carboxylic acids is 1. The molecule has 0 aromatic heterocycles. The Morgan fingerprint density at radius 2 is 2.20 bits per heavy atom. The summed E-state index contributed by atoms with van der Waals surface area (Å²) in [5, 5.41) is 8.59. The Bertz CT molecular complexity index is 370. The normalized spacial score (nSPS) is 24.6. The van der Waals surface area contributed by atoms with Gasteiger partial charge in [-0.1, -0.05) is 12.1 Å². The molecule has 15 heavy (non-hydrogen) atoms. The molecule has 1 N–H and O–H groups in total. The standard InChI is InChI=1S/C12H13FO2/c13-11-3-1-2-9(7-11)10-4-8(5-10)6-12(14)15/h1-3,7-8,10H,4-6H2,(H,14,15). The highest BCUT2D eigenvalue weighted by atomic mass is 19.1. The first kappa shape index (κ1) is 10.1. The predicted octanol–water partition coefficient (Wildman–Crippen LogP) is 2.79. The summed E-state index contributed by atoms with van der Waals surface area (Å²) in [6.07, 6.45) is 1.98. The molecule has 0 amide bonds. The van der Waals surface area contributed by atoms with Crippen molar-refractivity contribution in [3.8, 4) is 0 Å². The van der Waals surface area contributed by atoms with Crippen LogP contribution in [-0.4, -0.2) is 11.1 Å². The van der Waals surface area contributed by atoms with Crippen LogP contribution in [-0.2, 0) is 4.79 Å². The van der Waals surface area contributed by atoms with Gasteiger partial charge < -0.3 is 5.11 Å². The molecule has 0 saturated heterocycles. The van der Waals surface area contributed by atoms with Gasteiger partial charge in [0, 0.05) is 6.42 Å². The van der Waals surface area contributed by atoms with Crippen molar-refractivity contribution in [1.29, 1.82) is 0 Å². The summed E-state index contributed by atoms with van der Waals surface area (Å²) in [5.74, 6) is -0.326. The summed E-state index contributed by atoms with van der Waals surface area (Å²) in [4.78, 5) is 10.4. The van der Waals surface area contributed by atoms with E-state index >= 15 is 0 Å². The van der Waals surface area contributed by atoms with Gasteiger partial charge in [0.1, 0.15) is 5.82 Å². The molecular formula is C12H13FO2. The van der Waals surface area contributed by atoms with Crippen LogP contribution in [0, 0.1) is 11.7 Å². The molecular weight excluding hydrogens is 195 g/mol. The second-order valence-electron chi connectivity index (χ2n) is 4.19. The van der Waals surface area contributed by atoms with E-state index in [0.29, 0.717) is 5.92 Å². The van der Waals surface area contributed by atoms with Gasteiger partial charge in [0.15, 0.2) is 0 Å². The van der Waals surface area contributed by atoms with Gasteiger partial charge in [0.25, 0.3) is 0 Å². The monoisotopic (exact) mass is 208 g/mol. The third kappa shape index (κ3) is 2.35. The van der Waals surface area contributed by atoms with E-state index in [2.05, 4.69) is 0 Å². The molecule has 80 valence electrons. The molecule has 1 aliphatic carbocycles. The Morgan fingerprint density at radius 3 is 2.80 bits per heavy atom. The molecule has 0 unspecified atom stereocenters. The van der Waals surface area contributed by atoms with Gasteiger partial charge in [-0.25, -0.2) is 4.39 Å². The summed E-state index contributed by atoms with van der Waals surface area (Å²) in [6.45, 7) is 0. The van der Waals surface area contributed by atoms with Crippen LogP contribution in [0.5, 0.6) is 0 Å². The molecule has 2 nitrogen and oxygen atoms in total.